The van der Waals surface area contributed by atoms with Gasteiger partial charge in [0, 0.05) is 25.0 Å². The van der Waals surface area contributed by atoms with E-state index < -0.39 is 5.97 Å². The molecule has 0 aliphatic rings. The fourth-order valence-corrected chi connectivity index (χ4v) is 3.51. The molecule has 5 nitrogen and oxygen atoms in total. The topological polar surface area (TPSA) is 65.8 Å². The first-order valence-electron chi connectivity index (χ1n) is 7.51. The Balaban J connectivity index is 2.22. The third kappa shape index (κ3) is 3.36. The van der Waals surface area contributed by atoms with Gasteiger partial charge in [0.15, 0.2) is 0 Å². The summed E-state index contributed by atoms with van der Waals surface area (Å²) in [4.78, 5) is 23.0. The summed E-state index contributed by atoms with van der Waals surface area (Å²) in [5.41, 5.74) is 2.73. The fourth-order valence-electron chi connectivity index (χ4n) is 2.47. The van der Waals surface area contributed by atoms with Crippen LogP contribution in [0, 0.1) is 12.7 Å². The van der Waals surface area contributed by atoms with Crippen LogP contribution in [0.25, 0.3) is 21.5 Å². The lowest BCUT2D eigenvalue weighted by atomic mass is 10.1. The monoisotopic (exact) mass is 357 g/mol. The molecule has 1 N–H and O–H groups in total. The lowest BCUT2D eigenvalue weighted by Crippen LogP contribution is -2.07. The number of aromatic carboxylic acids is 1. The molecule has 0 saturated carbocycles. The van der Waals surface area contributed by atoms with Gasteiger partial charge in [-0.3, -0.25) is 0 Å². The summed E-state index contributed by atoms with van der Waals surface area (Å²) in [5, 5.41) is 10.2. The number of hydrogen-bond donors (Lipinski definition) is 1. The highest BCUT2D eigenvalue weighted by atomic mass is 32.1. The van der Waals surface area contributed by atoms with Gasteiger partial charge in [-0.2, -0.15) is 0 Å². The maximum absolute atomic E-state index is 13.1. The summed E-state index contributed by atoms with van der Waals surface area (Å²) >= 11 is 1.09. The molecule has 0 saturated heterocycles. The van der Waals surface area contributed by atoms with Gasteiger partial charge in [0.1, 0.15) is 15.5 Å². The van der Waals surface area contributed by atoms with Gasteiger partial charge in [0.25, 0.3) is 0 Å². The molecule has 0 aliphatic carbocycles. The zero-order chi connectivity index (χ0) is 18.1. The van der Waals surface area contributed by atoms with Gasteiger partial charge >= 0.3 is 5.97 Å². The summed E-state index contributed by atoms with van der Waals surface area (Å²) in [5.74, 6) is -1.34. The summed E-state index contributed by atoms with van der Waals surface area (Å²) in [6, 6.07) is 7.92. The van der Waals surface area contributed by atoms with Crippen LogP contribution in [0.4, 0.5) is 10.1 Å². The third-order valence-corrected chi connectivity index (χ3v) is 4.65. The number of pyridine rings is 1. The smallest absolute Gasteiger partial charge is 0.348 e. The number of carboxylic acid groups (broad SMARTS) is 1. The summed E-state index contributed by atoms with van der Waals surface area (Å²) < 4.78 is 13.1. The number of carboxylic acids is 1. The van der Waals surface area contributed by atoms with Crippen molar-refractivity contribution >= 4 is 39.5 Å². The summed E-state index contributed by atoms with van der Waals surface area (Å²) in [7, 11) is 3.63. The number of carbonyl (C=O) groups is 1. The molecule has 128 valence electrons. The van der Waals surface area contributed by atoms with E-state index >= 15 is 0 Å². The number of hydrogen-bond acceptors (Lipinski definition) is 4. The van der Waals surface area contributed by atoms with Crippen LogP contribution in [0.15, 0.2) is 35.3 Å². The lowest BCUT2D eigenvalue weighted by Gasteiger charge is -2.06. The predicted molar refractivity (Wildman–Crippen MR) is 98.5 cm³/mol. The van der Waals surface area contributed by atoms with Gasteiger partial charge in [-0.25, -0.2) is 19.2 Å². The largest absolute Gasteiger partial charge is 0.477 e. The molecule has 0 amide bonds. The predicted octanol–water partition coefficient (Wildman–Crippen LogP) is 4.33. The molecule has 3 rings (SSSR count). The molecule has 3 aromatic rings. The molecule has 25 heavy (non-hydrogen) atoms. The van der Waals surface area contributed by atoms with Gasteiger partial charge in [-0.15, -0.1) is 11.3 Å². The molecule has 0 aliphatic heterocycles. The highest BCUT2D eigenvalue weighted by Crippen LogP contribution is 2.40. The third-order valence-electron chi connectivity index (χ3n) is 3.59. The van der Waals surface area contributed by atoms with Crippen LogP contribution in [-0.4, -0.2) is 41.4 Å². The standard InChI is InChI=1S/C18H16FN3O2S/c1-10-8-13(11-4-6-12(19)7-5-11)21-17-14(10)15(20-9-22(2)3)16(25-17)18(23)24/h4-9H,1-3H3,(H,23,24). The second-order valence-electron chi connectivity index (χ2n) is 5.80. The number of rotatable bonds is 4. The number of halogens is 1. The molecule has 0 radical (unpaired) electrons. The quantitative estimate of drug-likeness (QED) is 0.557. The number of benzene rings is 1. The molecule has 0 spiro atoms. The second-order valence-corrected chi connectivity index (χ2v) is 6.80. The number of nitrogens with zero attached hydrogens (tertiary/aromatic N) is 3. The first kappa shape index (κ1) is 17.0. The first-order valence-corrected chi connectivity index (χ1v) is 8.32. The Kier molecular flexibility index (Phi) is 4.50. The van der Waals surface area contributed by atoms with E-state index in [1.54, 1.807) is 23.4 Å². The Morgan fingerprint density at radius 2 is 2.00 bits per heavy atom. The molecule has 0 unspecified atom stereocenters. The number of aryl methyl sites for hydroxylation is 1. The molecule has 2 heterocycles. The molecule has 2 aromatic heterocycles. The summed E-state index contributed by atoms with van der Waals surface area (Å²) in [6.07, 6.45) is 1.57. The SMILES string of the molecule is Cc1cc(-c2ccc(F)cc2)nc2sc(C(=O)O)c(N=CN(C)C)c12. The van der Waals surface area contributed by atoms with Crippen molar-refractivity contribution in [3.63, 3.8) is 0 Å². The number of aromatic nitrogens is 1. The fraction of sp³-hybridized carbons (Fsp3) is 0.167. The maximum atomic E-state index is 13.1. The molecular formula is C18H16FN3O2S. The molecular weight excluding hydrogens is 341 g/mol. The van der Waals surface area contributed by atoms with E-state index in [2.05, 4.69) is 9.98 Å². The van der Waals surface area contributed by atoms with Gasteiger partial charge in [0.2, 0.25) is 0 Å². The van der Waals surface area contributed by atoms with Crippen molar-refractivity contribution in [3.8, 4) is 11.3 Å². The van der Waals surface area contributed by atoms with Gasteiger partial charge < -0.3 is 10.0 Å². The average Bonchev–Trinajstić information content (AvgIpc) is 2.93. The molecule has 0 fully saturated rings. The van der Waals surface area contributed by atoms with Crippen LogP contribution in [0.2, 0.25) is 0 Å². The van der Waals surface area contributed by atoms with E-state index in [4.69, 9.17) is 0 Å². The minimum absolute atomic E-state index is 0.153. The molecule has 0 bridgehead atoms. The zero-order valence-electron chi connectivity index (χ0n) is 13.9. The van der Waals surface area contributed by atoms with Crippen molar-refractivity contribution in [2.75, 3.05) is 14.1 Å². The second kappa shape index (κ2) is 6.60. The van der Waals surface area contributed by atoms with Crippen LogP contribution < -0.4 is 0 Å². The zero-order valence-corrected chi connectivity index (χ0v) is 14.8. The van der Waals surface area contributed by atoms with Crippen LogP contribution in [0.5, 0.6) is 0 Å². The molecule has 7 heteroatoms. The highest BCUT2D eigenvalue weighted by Gasteiger charge is 2.20. The van der Waals surface area contributed by atoms with E-state index in [1.807, 2.05) is 27.1 Å². The Hall–Kier alpha value is -2.80. The van der Waals surface area contributed by atoms with Gasteiger partial charge in [-0.05, 0) is 42.8 Å². The average molecular weight is 357 g/mol. The van der Waals surface area contributed by atoms with Crippen LogP contribution >= 0.6 is 11.3 Å². The van der Waals surface area contributed by atoms with E-state index in [1.165, 1.54) is 12.1 Å². The van der Waals surface area contributed by atoms with Gasteiger partial charge in [-0.1, -0.05) is 0 Å². The minimum atomic E-state index is -1.03. The van der Waals surface area contributed by atoms with Gasteiger partial charge in [0.05, 0.1) is 17.7 Å². The Morgan fingerprint density at radius 3 is 2.60 bits per heavy atom. The van der Waals surface area contributed by atoms with Crippen LogP contribution in [-0.2, 0) is 0 Å². The van der Waals surface area contributed by atoms with Crippen LogP contribution in [0.3, 0.4) is 0 Å². The van der Waals surface area contributed by atoms with Crippen molar-refractivity contribution < 1.29 is 14.3 Å². The van der Waals surface area contributed by atoms with E-state index in [-0.39, 0.29) is 10.7 Å². The minimum Gasteiger partial charge on any atom is -0.477 e. The number of thiophene rings is 1. The van der Waals surface area contributed by atoms with Crippen molar-refractivity contribution in [2.45, 2.75) is 6.92 Å². The lowest BCUT2D eigenvalue weighted by molar-refractivity contribution is 0.0703. The van der Waals surface area contributed by atoms with Crippen molar-refractivity contribution in [1.82, 2.24) is 9.88 Å². The molecule has 1 aromatic carbocycles. The van der Waals surface area contributed by atoms with Crippen molar-refractivity contribution in [2.24, 2.45) is 4.99 Å². The Bertz CT molecular complexity index is 978. The first-order chi connectivity index (χ1) is 11.9. The Morgan fingerprint density at radius 1 is 1.32 bits per heavy atom. The van der Waals surface area contributed by atoms with Crippen molar-refractivity contribution in [1.29, 1.82) is 0 Å². The van der Waals surface area contributed by atoms with E-state index in [0.717, 1.165) is 27.8 Å². The van der Waals surface area contributed by atoms with Crippen molar-refractivity contribution in [3.05, 3.63) is 46.6 Å². The van der Waals surface area contributed by atoms with E-state index in [0.29, 0.717) is 16.2 Å². The maximum Gasteiger partial charge on any atom is 0.348 e. The summed E-state index contributed by atoms with van der Waals surface area (Å²) in [6.45, 7) is 1.89. The number of fused-ring (bicyclic) bond motifs is 1. The Labute approximate surface area is 148 Å². The highest BCUT2D eigenvalue weighted by molar-refractivity contribution is 7.21. The van der Waals surface area contributed by atoms with E-state index in [9.17, 15) is 14.3 Å². The normalized spacial score (nSPS) is 11.4. The number of aliphatic imine (C=N–C) groups is 1. The molecule has 0 atom stereocenters. The van der Waals surface area contributed by atoms with Crippen LogP contribution in [0.1, 0.15) is 15.2 Å².